The fourth-order valence-electron chi connectivity index (χ4n) is 4.94. The van der Waals surface area contributed by atoms with Crippen LogP contribution in [0.15, 0.2) is 18.2 Å². The van der Waals surface area contributed by atoms with Gasteiger partial charge in [0.1, 0.15) is 0 Å². The first-order valence-electron chi connectivity index (χ1n) is 7.53. The van der Waals surface area contributed by atoms with E-state index in [2.05, 4.69) is 45.9 Å². The monoisotopic (exact) mass is 242 g/mol. The maximum Gasteiger partial charge on any atom is -0.00391 e. The molecular weight excluding hydrogens is 216 g/mol. The molecule has 0 radical (unpaired) electrons. The minimum Gasteiger partial charge on any atom is -0.0596 e. The number of aryl methyl sites for hydroxylation is 2. The number of fused-ring (bicyclic) bond motifs is 3. The lowest BCUT2D eigenvalue weighted by Gasteiger charge is -2.54. The van der Waals surface area contributed by atoms with Gasteiger partial charge in [-0.15, -0.1) is 0 Å². The van der Waals surface area contributed by atoms with Gasteiger partial charge in [0.15, 0.2) is 0 Å². The summed E-state index contributed by atoms with van der Waals surface area (Å²) >= 11 is 0. The van der Waals surface area contributed by atoms with Crippen LogP contribution in [-0.2, 0) is 11.8 Å². The Kier molecular flexibility index (Phi) is 2.63. The van der Waals surface area contributed by atoms with Gasteiger partial charge in [0.05, 0.1) is 0 Å². The normalized spacial score (nSPS) is 33.7. The van der Waals surface area contributed by atoms with Gasteiger partial charge in [-0.2, -0.15) is 0 Å². The molecule has 0 nitrogen and oxygen atoms in total. The van der Waals surface area contributed by atoms with Gasteiger partial charge >= 0.3 is 0 Å². The summed E-state index contributed by atoms with van der Waals surface area (Å²) < 4.78 is 0. The Bertz CT molecular complexity index is 469. The van der Waals surface area contributed by atoms with Crippen molar-refractivity contribution in [1.82, 2.24) is 0 Å². The lowest BCUT2D eigenvalue weighted by molar-refractivity contribution is 0.0407. The predicted octanol–water partition coefficient (Wildman–Crippen LogP) is 5.03. The Morgan fingerprint density at radius 3 is 2.67 bits per heavy atom. The molecule has 0 aliphatic heterocycles. The van der Waals surface area contributed by atoms with Crippen LogP contribution in [0.4, 0.5) is 0 Å². The molecule has 1 aromatic rings. The molecule has 0 aromatic heterocycles. The van der Waals surface area contributed by atoms with Crippen molar-refractivity contribution in [2.75, 3.05) is 0 Å². The van der Waals surface area contributed by atoms with E-state index in [0.717, 1.165) is 5.92 Å². The van der Waals surface area contributed by atoms with Gasteiger partial charge in [0, 0.05) is 0 Å². The van der Waals surface area contributed by atoms with E-state index >= 15 is 0 Å². The molecule has 2 aliphatic rings. The molecule has 98 valence electrons. The van der Waals surface area contributed by atoms with Crippen molar-refractivity contribution in [2.45, 2.75) is 65.2 Å². The summed E-state index contributed by atoms with van der Waals surface area (Å²) in [6.45, 7) is 9.74. The molecule has 0 unspecified atom stereocenters. The van der Waals surface area contributed by atoms with Crippen molar-refractivity contribution < 1.29 is 0 Å². The second-order valence-corrected chi connectivity index (χ2v) is 7.51. The van der Waals surface area contributed by atoms with Crippen LogP contribution in [0, 0.1) is 18.3 Å². The molecule has 1 fully saturated rings. The number of rotatable bonds is 0. The van der Waals surface area contributed by atoms with Crippen LogP contribution in [0.3, 0.4) is 0 Å². The summed E-state index contributed by atoms with van der Waals surface area (Å²) in [6.07, 6.45) is 6.87. The Labute approximate surface area is 112 Å². The van der Waals surface area contributed by atoms with Gasteiger partial charge in [-0.25, -0.2) is 0 Å². The average Bonchev–Trinajstić information content (AvgIpc) is 2.27. The van der Waals surface area contributed by atoms with Crippen molar-refractivity contribution in [3.8, 4) is 0 Å². The van der Waals surface area contributed by atoms with Crippen molar-refractivity contribution in [3.63, 3.8) is 0 Å². The molecule has 2 aliphatic carbocycles. The van der Waals surface area contributed by atoms with Gasteiger partial charge in [-0.1, -0.05) is 51.0 Å². The third-order valence-electron chi connectivity index (χ3n) is 5.81. The second kappa shape index (κ2) is 3.85. The van der Waals surface area contributed by atoms with Gasteiger partial charge < -0.3 is 0 Å². The molecule has 0 heteroatoms. The first kappa shape index (κ1) is 12.3. The molecule has 0 N–H and O–H groups in total. The first-order valence-corrected chi connectivity index (χ1v) is 7.53. The van der Waals surface area contributed by atoms with Gasteiger partial charge in [-0.05, 0) is 60.5 Å². The molecule has 1 aromatic carbocycles. The maximum absolute atomic E-state index is 2.53. The van der Waals surface area contributed by atoms with Crippen LogP contribution in [0.1, 0.15) is 63.1 Å². The molecule has 0 spiro atoms. The van der Waals surface area contributed by atoms with E-state index < -0.39 is 0 Å². The number of hydrogen-bond acceptors (Lipinski definition) is 0. The van der Waals surface area contributed by atoms with Gasteiger partial charge in [0.25, 0.3) is 0 Å². The lowest BCUT2D eigenvalue weighted by atomic mass is 9.50. The highest BCUT2D eigenvalue weighted by atomic mass is 14.5. The smallest absolute Gasteiger partial charge is 0.00391 e. The van der Waals surface area contributed by atoms with E-state index in [1.807, 2.05) is 0 Å². The summed E-state index contributed by atoms with van der Waals surface area (Å²) in [6, 6.07) is 7.17. The minimum absolute atomic E-state index is 0.434. The van der Waals surface area contributed by atoms with Crippen LogP contribution in [-0.4, -0.2) is 0 Å². The molecule has 3 rings (SSSR count). The van der Waals surface area contributed by atoms with Crippen LogP contribution in [0.5, 0.6) is 0 Å². The van der Waals surface area contributed by atoms with Crippen LogP contribution >= 0.6 is 0 Å². The van der Waals surface area contributed by atoms with E-state index in [9.17, 15) is 0 Å². The van der Waals surface area contributed by atoms with E-state index in [1.165, 1.54) is 37.7 Å². The number of hydrogen-bond donors (Lipinski definition) is 0. The van der Waals surface area contributed by atoms with E-state index in [0.29, 0.717) is 10.8 Å². The SMILES string of the molecule is Cc1ccc2c(c1)CC[C@H]1C(C)(C)CCC[C@]21C. The zero-order valence-electron chi connectivity index (χ0n) is 12.3. The highest BCUT2D eigenvalue weighted by molar-refractivity contribution is 5.40. The highest BCUT2D eigenvalue weighted by Gasteiger charge is 2.49. The zero-order chi connectivity index (χ0) is 13.0. The predicted molar refractivity (Wildman–Crippen MR) is 78.0 cm³/mol. The van der Waals surface area contributed by atoms with Crippen molar-refractivity contribution in [1.29, 1.82) is 0 Å². The third kappa shape index (κ3) is 1.65. The largest absolute Gasteiger partial charge is 0.0596 e. The number of benzene rings is 1. The zero-order valence-corrected chi connectivity index (χ0v) is 12.3. The Morgan fingerprint density at radius 1 is 1.11 bits per heavy atom. The van der Waals surface area contributed by atoms with Crippen molar-refractivity contribution in [3.05, 3.63) is 34.9 Å². The topological polar surface area (TPSA) is 0 Å². The minimum atomic E-state index is 0.434. The maximum atomic E-state index is 2.53. The average molecular weight is 242 g/mol. The van der Waals surface area contributed by atoms with Gasteiger partial charge in [-0.3, -0.25) is 0 Å². The standard InChI is InChI=1S/C18H26/c1-13-6-8-15-14(12-13)7-9-16-17(2,3)10-5-11-18(15,16)4/h6,8,12,16H,5,7,9-11H2,1-4H3/t16-,18+/m0/s1. The molecule has 0 amide bonds. The molecule has 2 atom stereocenters. The highest BCUT2D eigenvalue weighted by Crippen LogP contribution is 2.56. The Morgan fingerprint density at radius 2 is 1.89 bits per heavy atom. The van der Waals surface area contributed by atoms with E-state index in [1.54, 1.807) is 11.1 Å². The second-order valence-electron chi connectivity index (χ2n) is 7.51. The van der Waals surface area contributed by atoms with Crippen LogP contribution in [0.25, 0.3) is 0 Å². The van der Waals surface area contributed by atoms with Gasteiger partial charge in [0.2, 0.25) is 0 Å². The molecule has 0 heterocycles. The molecule has 0 bridgehead atoms. The van der Waals surface area contributed by atoms with Crippen molar-refractivity contribution >= 4 is 0 Å². The Balaban J connectivity index is 2.11. The summed E-state index contributed by atoms with van der Waals surface area (Å²) in [5, 5.41) is 0. The Hall–Kier alpha value is -0.780. The quantitative estimate of drug-likeness (QED) is 0.599. The van der Waals surface area contributed by atoms with Crippen LogP contribution < -0.4 is 0 Å². The summed E-state index contributed by atoms with van der Waals surface area (Å²) in [5.74, 6) is 0.869. The lowest BCUT2D eigenvalue weighted by Crippen LogP contribution is -2.47. The molecule has 1 saturated carbocycles. The van der Waals surface area contributed by atoms with E-state index in [-0.39, 0.29) is 0 Å². The molecular formula is C18H26. The fraction of sp³-hybridized carbons (Fsp3) is 0.667. The summed E-state index contributed by atoms with van der Waals surface area (Å²) in [4.78, 5) is 0. The van der Waals surface area contributed by atoms with Crippen LogP contribution in [0.2, 0.25) is 0 Å². The third-order valence-corrected chi connectivity index (χ3v) is 5.81. The van der Waals surface area contributed by atoms with E-state index in [4.69, 9.17) is 0 Å². The summed E-state index contributed by atoms with van der Waals surface area (Å²) in [7, 11) is 0. The van der Waals surface area contributed by atoms with Crippen molar-refractivity contribution in [2.24, 2.45) is 11.3 Å². The fourth-order valence-corrected chi connectivity index (χ4v) is 4.94. The summed E-state index contributed by atoms with van der Waals surface area (Å²) in [5.41, 5.74) is 5.67. The first-order chi connectivity index (χ1) is 8.43. The molecule has 0 saturated heterocycles. The molecule has 18 heavy (non-hydrogen) atoms.